The minimum absolute atomic E-state index is 0.0828. The summed E-state index contributed by atoms with van der Waals surface area (Å²) < 4.78 is 22.5. The van der Waals surface area contributed by atoms with Gasteiger partial charge in [0.15, 0.2) is 0 Å². The number of hydrogen-bond acceptors (Lipinski definition) is 7. The first-order valence-electron chi connectivity index (χ1n) is 6.85. The van der Waals surface area contributed by atoms with Gasteiger partial charge in [0, 0.05) is 24.5 Å². The van der Waals surface area contributed by atoms with Crippen molar-refractivity contribution in [2.45, 2.75) is 50.2 Å². The number of hydroxylamine groups is 2. The molecule has 0 N–H and O–H groups in total. The highest BCUT2D eigenvalue weighted by Gasteiger charge is 2.32. The number of nitrogens with zero attached hydrogens (tertiary/aromatic N) is 1. The minimum atomic E-state index is -2.93. The maximum atomic E-state index is 11.5. The van der Waals surface area contributed by atoms with Crippen molar-refractivity contribution in [3.8, 4) is 0 Å². The van der Waals surface area contributed by atoms with E-state index in [0.717, 1.165) is 17.2 Å². The Morgan fingerprint density at radius 1 is 1.24 bits per heavy atom. The monoisotopic (exact) mass is 335 g/mol. The highest BCUT2D eigenvalue weighted by Crippen LogP contribution is 2.34. The van der Waals surface area contributed by atoms with E-state index < -0.39 is 26.7 Å². The molecule has 0 aromatic heterocycles. The van der Waals surface area contributed by atoms with Crippen LogP contribution in [0.3, 0.4) is 0 Å². The average Bonchev–Trinajstić information content (AvgIpc) is 2.91. The molecular weight excluding hydrogens is 318 g/mol. The molecule has 0 bridgehead atoms. The molecule has 2 heterocycles. The average molecular weight is 335 g/mol. The number of unbranched alkanes of at least 4 members (excludes halogenated alkanes) is 1. The van der Waals surface area contributed by atoms with Gasteiger partial charge in [-0.15, -0.1) is 5.06 Å². The van der Waals surface area contributed by atoms with Crippen molar-refractivity contribution in [3.05, 3.63) is 0 Å². The first-order valence-corrected chi connectivity index (χ1v) is 9.90. The van der Waals surface area contributed by atoms with Gasteiger partial charge in [0.05, 0.1) is 5.75 Å². The van der Waals surface area contributed by atoms with Crippen LogP contribution in [-0.4, -0.2) is 42.3 Å². The van der Waals surface area contributed by atoms with Crippen LogP contribution < -0.4 is 0 Å². The minimum Gasteiger partial charge on any atom is -0.330 e. The van der Waals surface area contributed by atoms with Gasteiger partial charge < -0.3 is 4.84 Å². The quantitative estimate of drug-likeness (QED) is 0.405. The summed E-state index contributed by atoms with van der Waals surface area (Å²) in [4.78, 5) is 38.8. The third kappa shape index (κ3) is 4.70. The van der Waals surface area contributed by atoms with E-state index in [2.05, 4.69) is 0 Å². The Bertz CT molecular complexity index is 528. The molecule has 21 heavy (non-hydrogen) atoms. The molecule has 118 valence electrons. The molecule has 9 heteroatoms. The summed E-state index contributed by atoms with van der Waals surface area (Å²) in [7, 11) is -1.92. The van der Waals surface area contributed by atoms with Crippen LogP contribution in [0.1, 0.15) is 44.9 Å². The number of rotatable bonds is 6. The van der Waals surface area contributed by atoms with Crippen LogP contribution in [0.15, 0.2) is 0 Å². The summed E-state index contributed by atoms with van der Waals surface area (Å²) in [6.45, 7) is 0. The Hall–Kier alpha value is -1.09. The van der Waals surface area contributed by atoms with E-state index in [-0.39, 0.29) is 30.3 Å². The highest BCUT2D eigenvalue weighted by atomic mass is 33.1. The van der Waals surface area contributed by atoms with E-state index in [1.165, 1.54) is 0 Å². The van der Waals surface area contributed by atoms with Gasteiger partial charge in [-0.25, -0.2) is 13.2 Å². The summed E-state index contributed by atoms with van der Waals surface area (Å²) >= 11 is 0. The van der Waals surface area contributed by atoms with E-state index in [1.54, 1.807) is 0 Å². The predicted octanol–water partition coefficient (Wildman–Crippen LogP) is 0.989. The number of imide groups is 1. The summed E-state index contributed by atoms with van der Waals surface area (Å²) in [6.07, 6.45) is 2.93. The van der Waals surface area contributed by atoms with Gasteiger partial charge in [-0.2, -0.15) is 0 Å². The van der Waals surface area contributed by atoms with Gasteiger partial charge in [-0.1, -0.05) is 6.42 Å². The third-order valence-corrected chi connectivity index (χ3v) is 7.30. The smallest absolute Gasteiger partial charge is 0.330 e. The molecule has 2 saturated heterocycles. The molecule has 1 atom stereocenters. The van der Waals surface area contributed by atoms with Gasteiger partial charge in [-0.3, -0.25) is 9.59 Å². The molecule has 2 amide bonds. The molecule has 0 radical (unpaired) electrons. The Labute approximate surface area is 126 Å². The second-order valence-electron chi connectivity index (χ2n) is 5.06. The second kappa shape index (κ2) is 6.78. The van der Waals surface area contributed by atoms with E-state index in [9.17, 15) is 22.8 Å². The van der Waals surface area contributed by atoms with Gasteiger partial charge >= 0.3 is 5.97 Å². The summed E-state index contributed by atoms with van der Waals surface area (Å²) in [5.41, 5.74) is 0. The normalized spacial score (nSPS) is 24.6. The van der Waals surface area contributed by atoms with E-state index in [4.69, 9.17) is 4.84 Å². The molecule has 0 saturated carbocycles. The molecule has 0 unspecified atom stereocenters. The van der Waals surface area contributed by atoms with Gasteiger partial charge in [-0.05, 0) is 30.1 Å². The van der Waals surface area contributed by atoms with Crippen LogP contribution in [0.4, 0.5) is 0 Å². The first kappa shape index (κ1) is 16.3. The fourth-order valence-corrected chi connectivity index (χ4v) is 6.33. The van der Waals surface area contributed by atoms with Crippen molar-refractivity contribution in [3.63, 3.8) is 0 Å². The second-order valence-corrected chi connectivity index (χ2v) is 9.54. The zero-order valence-electron chi connectivity index (χ0n) is 11.4. The number of carbonyl (C=O) groups excluding carboxylic acids is 3. The van der Waals surface area contributed by atoms with Crippen molar-refractivity contribution < 1.29 is 27.6 Å². The van der Waals surface area contributed by atoms with Crippen molar-refractivity contribution in [2.24, 2.45) is 0 Å². The fraction of sp³-hybridized carbons (Fsp3) is 0.750. The van der Waals surface area contributed by atoms with Crippen molar-refractivity contribution in [1.29, 1.82) is 0 Å². The van der Waals surface area contributed by atoms with Crippen LogP contribution in [0.25, 0.3) is 0 Å². The first-order chi connectivity index (χ1) is 9.87. The highest BCUT2D eigenvalue weighted by molar-refractivity contribution is 8.72. The summed E-state index contributed by atoms with van der Waals surface area (Å²) in [5, 5.41) is 0.648. The zero-order valence-corrected chi connectivity index (χ0v) is 13.1. The number of amides is 2. The topological polar surface area (TPSA) is 97.8 Å². The van der Waals surface area contributed by atoms with Crippen LogP contribution in [0, 0.1) is 0 Å². The maximum Gasteiger partial charge on any atom is 0.333 e. The summed E-state index contributed by atoms with van der Waals surface area (Å²) in [5.74, 6) is -1.35. The molecule has 0 aliphatic carbocycles. The van der Waals surface area contributed by atoms with Crippen LogP contribution in [0.5, 0.6) is 0 Å². The predicted molar refractivity (Wildman–Crippen MR) is 75.4 cm³/mol. The van der Waals surface area contributed by atoms with Gasteiger partial charge in [0.25, 0.3) is 11.8 Å². The van der Waals surface area contributed by atoms with E-state index >= 15 is 0 Å². The molecule has 0 spiro atoms. The Kier molecular flexibility index (Phi) is 5.26. The standard InChI is InChI=1S/C12H17NO6S2/c14-10-5-6-11(15)13(10)19-12(16)4-2-1-3-9-7-8-21(17,18)20-9/h9H,1-8H2/t9-/m1/s1. The molecule has 2 rings (SSSR count). The van der Waals surface area contributed by atoms with Crippen molar-refractivity contribution in [1.82, 2.24) is 5.06 Å². The van der Waals surface area contributed by atoms with E-state index in [1.807, 2.05) is 0 Å². The zero-order chi connectivity index (χ0) is 15.5. The summed E-state index contributed by atoms with van der Waals surface area (Å²) in [6, 6.07) is 0. The van der Waals surface area contributed by atoms with Crippen LogP contribution >= 0.6 is 10.8 Å². The molecule has 2 fully saturated rings. The number of hydrogen-bond donors (Lipinski definition) is 0. The van der Waals surface area contributed by atoms with Crippen LogP contribution in [0.2, 0.25) is 0 Å². The van der Waals surface area contributed by atoms with E-state index in [0.29, 0.717) is 24.3 Å². The Morgan fingerprint density at radius 2 is 1.90 bits per heavy atom. The van der Waals surface area contributed by atoms with Gasteiger partial charge in [0.2, 0.25) is 8.87 Å². The molecule has 0 aromatic carbocycles. The van der Waals surface area contributed by atoms with Crippen LogP contribution in [-0.2, 0) is 28.1 Å². The lowest BCUT2D eigenvalue weighted by molar-refractivity contribution is -0.197. The molecular formula is C12H17NO6S2. The van der Waals surface area contributed by atoms with Crippen molar-refractivity contribution >= 4 is 37.4 Å². The molecule has 2 aliphatic rings. The molecule has 2 aliphatic heterocycles. The Balaban J connectivity index is 1.62. The van der Waals surface area contributed by atoms with Crippen molar-refractivity contribution in [2.75, 3.05) is 5.75 Å². The maximum absolute atomic E-state index is 11.5. The Morgan fingerprint density at radius 3 is 2.48 bits per heavy atom. The van der Waals surface area contributed by atoms with Gasteiger partial charge in [0.1, 0.15) is 0 Å². The lowest BCUT2D eigenvalue weighted by Crippen LogP contribution is -2.31. The SMILES string of the molecule is O=C(CCCC[C@@H]1CCS(=O)(=O)S1)ON1C(=O)CCC1=O. The molecule has 0 aromatic rings. The molecule has 7 nitrogen and oxygen atoms in total. The largest absolute Gasteiger partial charge is 0.333 e. The lowest BCUT2D eigenvalue weighted by Gasteiger charge is -2.12. The number of carbonyl (C=O) groups is 3. The third-order valence-electron chi connectivity index (χ3n) is 3.33. The lowest BCUT2D eigenvalue weighted by atomic mass is 10.1. The fourth-order valence-electron chi connectivity index (χ4n) is 2.22.